The molecule has 0 spiro atoms. The van der Waals surface area contributed by atoms with Crippen LogP contribution in [0.3, 0.4) is 0 Å². The van der Waals surface area contributed by atoms with Crippen molar-refractivity contribution in [1.29, 1.82) is 0 Å². The summed E-state index contributed by atoms with van der Waals surface area (Å²) in [6.07, 6.45) is 6.42. The number of hydrogen-bond donors (Lipinski definition) is 4. The maximum Gasteiger partial charge on any atom is 0.223 e. The van der Waals surface area contributed by atoms with Gasteiger partial charge in [0, 0.05) is 12.3 Å². The SMILES string of the molecule is CCC[C@H](CC(N)=O)C(=O)N[C@@H](CC1CCCCC1)[C@@H](O)[C@@H](O)CC(C)C. The number of nitrogens with one attached hydrogen (secondary N) is 1. The molecule has 0 heterocycles. The molecule has 5 N–H and O–H groups in total. The van der Waals surface area contributed by atoms with Gasteiger partial charge >= 0.3 is 0 Å². The van der Waals surface area contributed by atoms with Crippen molar-refractivity contribution in [2.75, 3.05) is 0 Å². The van der Waals surface area contributed by atoms with Gasteiger partial charge in [0.2, 0.25) is 11.8 Å². The van der Waals surface area contributed by atoms with Gasteiger partial charge in [-0.05, 0) is 31.1 Å². The smallest absolute Gasteiger partial charge is 0.223 e. The van der Waals surface area contributed by atoms with Crippen LogP contribution in [0.25, 0.3) is 0 Å². The fraction of sp³-hybridized carbons (Fsp3) is 0.905. The number of nitrogens with two attached hydrogens (primary N) is 1. The lowest BCUT2D eigenvalue weighted by molar-refractivity contribution is -0.131. The van der Waals surface area contributed by atoms with E-state index in [-0.39, 0.29) is 18.2 Å². The van der Waals surface area contributed by atoms with Gasteiger partial charge in [0.25, 0.3) is 0 Å². The molecule has 0 aromatic carbocycles. The van der Waals surface area contributed by atoms with Crippen LogP contribution < -0.4 is 11.1 Å². The summed E-state index contributed by atoms with van der Waals surface area (Å²) < 4.78 is 0. The van der Waals surface area contributed by atoms with Gasteiger partial charge in [0.15, 0.2) is 0 Å². The largest absolute Gasteiger partial charge is 0.390 e. The molecule has 6 nitrogen and oxygen atoms in total. The van der Waals surface area contributed by atoms with Gasteiger partial charge in [-0.1, -0.05) is 59.3 Å². The summed E-state index contributed by atoms with van der Waals surface area (Å²) >= 11 is 0. The first-order valence-corrected chi connectivity index (χ1v) is 10.7. The summed E-state index contributed by atoms with van der Waals surface area (Å²) in [6.45, 7) is 5.95. The maximum absolute atomic E-state index is 12.8. The number of primary amides is 1. The summed E-state index contributed by atoms with van der Waals surface area (Å²) in [4.78, 5) is 24.1. The van der Waals surface area contributed by atoms with Crippen LogP contribution in [0.1, 0.15) is 85.0 Å². The Balaban J connectivity index is 2.83. The van der Waals surface area contributed by atoms with Crippen LogP contribution >= 0.6 is 0 Å². The van der Waals surface area contributed by atoms with Crippen LogP contribution in [0.2, 0.25) is 0 Å². The average molecular weight is 385 g/mol. The van der Waals surface area contributed by atoms with Gasteiger partial charge in [-0.2, -0.15) is 0 Å². The van der Waals surface area contributed by atoms with Gasteiger partial charge in [0.1, 0.15) is 6.10 Å². The molecule has 1 rings (SSSR count). The molecule has 1 fully saturated rings. The van der Waals surface area contributed by atoms with E-state index in [1.807, 2.05) is 20.8 Å². The van der Waals surface area contributed by atoms with Gasteiger partial charge < -0.3 is 21.3 Å². The van der Waals surface area contributed by atoms with Crippen LogP contribution in [-0.4, -0.2) is 40.3 Å². The molecular weight excluding hydrogens is 344 g/mol. The molecule has 0 aromatic heterocycles. The predicted molar refractivity (Wildman–Crippen MR) is 107 cm³/mol. The van der Waals surface area contributed by atoms with E-state index in [1.165, 1.54) is 19.3 Å². The summed E-state index contributed by atoms with van der Waals surface area (Å²) in [5.74, 6) is -0.509. The second-order valence-corrected chi connectivity index (χ2v) is 8.70. The molecule has 0 aliphatic heterocycles. The second kappa shape index (κ2) is 12.3. The first-order valence-electron chi connectivity index (χ1n) is 10.7. The standard InChI is InChI=1S/C21H40N2O4/c1-4-8-16(13-19(22)25)21(27)23-17(12-15-9-6-5-7-10-15)20(26)18(24)11-14(2)3/h14-18,20,24,26H,4-13H2,1-3H3,(H2,22,25)(H,23,27)/t16-,17+,18+,20-/m1/s1. The summed E-state index contributed by atoms with van der Waals surface area (Å²) in [5.41, 5.74) is 5.30. The van der Waals surface area contributed by atoms with Crippen molar-refractivity contribution in [3.8, 4) is 0 Å². The maximum atomic E-state index is 12.8. The Morgan fingerprint density at radius 3 is 2.30 bits per heavy atom. The molecule has 1 aliphatic carbocycles. The molecule has 0 radical (unpaired) electrons. The van der Waals surface area contributed by atoms with E-state index in [1.54, 1.807) is 0 Å². The zero-order valence-corrected chi connectivity index (χ0v) is 17.3. The Morgan fingerprint density at radius 1 is 1.15 bits per heavy atom. The molecule has 0 unspecified atom stereocenters. The molecule has 2 amide bonds. The monoisotopic (exact) mass is 384 g/mol. The summed E-state index contributed by atoms with van der Waals surface area (Å²) in [5, 5.41) is 24.1. The van der Waals surface area contributed by atoms with Crippen LogP contribution in [0.4, 0.5) is 0 Å². The highest BCUT2D eigenvalue weighted by atomic mass is 16.3. The molecule has 6 heteroatoms. The molecule has 27 heavy (non-hydrogen) atoms. The van der Waals surface area contributed by atoms with Gasteiger partial charge in [0.05, 0.1) is 12.1 Å². The Hall–Kier alpha value is -1.14. The highest BCUT2D eigenvalue weighted by Gasteiger charge is 2.32. The summed E-state index contributed by atoms with van der Waals surface area (Å²) in [7, 11) is 0. The van der Waals surface area contributed by atoms with Gasteiger partial charge in [-0.3, -0.25) is 9.59 Å². The first-order chi connectivity index (χ1) is 12.7. The van der Waals surface area contributed by atoms with Crippen molar-refractivity contribution in [3.05, 3.63) is 0 Å². The van der Waals surface area contributed by atoms with E-state index in [0.29, 0.717) is 25.2 Å². The molecule has 0 saturated heterocycles. The van der Waals surface area contributed by atoms with Crippen molar-refractivity contribution >= 4 is 11.8 Å². The van der Waals surface area contributed by atoms with Crippen molar-refractivity contribution < 1.29 is 19.8 Å². The lowest BCUT2D eigenvalue weighted by atomic mass is 9.82. The number of aliphatic hydroxyl groups excluding tert-OH is 2. The van der Waals surface area contributed by atoms with E-state index in [9.17, 15) is 19.8 Å². The van der Waals surface area contributed by atoms with Crippen molar-refractivity contribution in [3.63, 3.8) is 0 Å². The Morgan fingerprint density at radius 2 is 1.78 bits per heavy atom. The molecule has 0 aromatic rings. The number of amides is 2. The number of rotatable bonds is 12. The lowest BCUT2D eigenvalue weighted by Crippen LogP contribution is -2.51. The molecule has 4 atom stereocenters. The Labute approximate surface area is 164 Å². The van der Waals surface area contributed by atoms with Gasteiger partial charge in [-0.25, -0.2) is 0 Å². The summed E-state index contributed by atoms with van der Waals surface area (Å²) in [6, 6.07) is -0.499. The molecular formula is C21H40N2O4. The Bertz CT molecular complexity index is 449. The highest BCUT2D eigenvalue weighted by Crippen LogP contribution is 2.29. The normalized spacial score (nSPS) is 20.1. The second-order valence-electron chi connectivity index (χ2n) is 8.70. The van der Waals surface area contributed by atoms with E-state index < -0.39 is 30.1 Å². The minimum atomic E-state index is -1.01. The minimum Gasteiger partial charge on any atom is -0.390 e. The minimum absolute atomic E-state index is 0.0143. The zero-order valence-electron chi connectivity index (χ0n) is 17.3. The van der Waals surface area contributed by atoms with E-state index in [2.05, 4.69) is 5.32 Å². The molecule has 1 aliphatic rings. The fourth-order valence-electron chi connectivity index (χ4n) is 4.17. The molecule has 158 valence electrons. The predicted octanol–water partition coefficient (Wildman–Crippen LogP) is 2.50. The third-order valence-electron chi connectivity index (χ3n) is 5.61. The van der Waals surface area contributed by atoms with Crippen LogP contribution in [0, 0.1) is 17.8 Å². The average Bonchev–Trinajstić information content (AvgIpc) is 2.60. The zero-order chi connectivity index (χ0) is 20.4. The third-order valence-corrected chi connectivity index (χ3v) is 5.61. The quantitative estimate of drug-likeness (QED) is 0.414. The number of carbonyl (C=O) groups is 2. The van der Waals surface area contributed by atoms with E-state index in [0.717, 1.165) is 19.3 Å². The van der Waals surface area contributed by atoms with E-state index in [4.69, 9.17) is 5.73 Å². The third kappa shape index (κ3) is 9.06. The van der Waals surface area contributed by atoms with Gasteiger partial charge in [-0.15, -0.1) is 0 Å². The fourth-order valence-corrected chi connectivity index (χ4v) is 4.17. The van der Waals surface area contributed by atoms with Crippen molar-refractivity contribution in [2.45, 2.75) is 103 Å². The van der Waals surface area contributed by atoms with Crippen LogP contribution in [0.15, 0.2) is 0 Å². The molecule has 0 bridgehead atoms. The number of hydrogen-bond acceptors (Lipinski definition) is 4. The van der Waals surface area contributed by atoms with Crippen molar-refractivity contribution in [1.82, 2.24) is 5.32 Å². The lowest BCUT2D eigenvalue weighted by Gasteiger charge is -2.33. The molecule has 1 saturated carbocycles. The Kier molecular flexibility index (Phi) is 10.9. The van der Waals surface area contributed by atoms with E-state index >= 15 is 0 Å². The number of carbonyl (C=O) groups excluding carboxylic acids is 2. The first kappa shape index (κ1) is 23.9. The number of aliphatic hydroxyl groups is 2. The van der Waals surface area contributed by atoms with Crippen molar-refractivity contribution in [2.24, 2.45) is 23.5 Å². The highest BCUT2D eigenvalue weighted by molar-refractivity contribution is 5.85. The topological polar surface area (TPSA) is 113 Å². The van der Waals surface area contributed by atoms with Crippen LogP contribution in [0.5, 0.6) is 0 Å². The van der Waals surface area contributed by atoms with Crippen LogP contribution in [-0.2, 0) is 9.59 Å².